The van der Waals surface area contributed by atoms with Crippen molar-refractivity contribution in [2.75, 3.05) is 6.61 Å². The molecule has 7 heteroatoms. The van der Waals surface area contributed by atoms with Crippen molar-refractivity contribution in [3.05, 3.63) is 40.9 Å². The molecule has 0 saturated carbocycles. The van der Waals surface area contributed by atoms with Crippen LogP contribution in [0.4, 0.5) is 0 Å². The van der Waals surface area contributed by atoms with Gasteiger partial charge in [-0.15, -0.1) is 0 Å². The molecule has 2 aromatic rings. The normalized spacial score (nSPS) is 13.9. The largest absolute Gasteiger partial charge is 0.492 e. The van der Waals surface area contributed by atoms with Gasteiger partial charge in [-0.05, 0) is 26.0 Å². The van der Waals surface area contributed by atoms with Crippen molar-refractivity contribution in [2.24, 2.45) is 0 Å². The second-order valence-electron chi connectivity index (χ2n) is 4.97. The first-order valence-electron chi connectivity index (χ1n) is 6.71. The third-order valence-electron chi connectivity index (χ3n) is 2.89. The van der Waals surface area contributed by atoms with Crippen molar-refractivity contribution in [1.82, 2.24) is 20.1 Å². The molecular formula is C14H18Cl2N4O. The number of hydrogen-bond donors (Lipinski definition) is 1. The lowest BCUT2D eigenvalue weighted by Crippen LogP contribution is -2.40. The van der Waals surface area contributed by atoms with Gasteiger partial charge in [0.25, 0.3) is 0 Å². The lowest BCUT2D eigenvalue weighted by molar-refractivity contribution is 0.257. The Hall–Kier alpha value is -1.30. The number of benzene rings is 1. The fourth-order valence-corrected chi connectivity index (χ4v) is 2.27. The quantitative estimate of drug-likeness (QED) is 0.848. The summed E-state index contributed by atoms with van der Waals surface area (Å²) in [6.45, 7) is 5.46. The van der Waals surface area contributed by atoms with E-state index in [2.05, 4.69) is 29.2 Å². The second kappa shape index (κ2) is 7.64. The predicted molar refractivity (Wildman–Crippen MR) is 84.0 cm³/mol. The number of nitrogens with zero attached hydrogens (tertiary/aromatic N) is 3. The van der Waals surface area contributed by atoms with Gasteiger partial charge in [0.1, 0.15) is 25.0 Å². The first-order valence-corrected chi connectivity index (χ1v) is 7.46. The Bertz CT molecular complexity index is 562. The van der Waals surface area contributed by atoms with E-state index in [0.29, 0.717) is 22.4 Å². The van der Waals surface area contributed by atoms with Crippen LogP contribution in [0.2, 0.25) is 10.0 Å². The van der Waals surface area contributed by atoms with Crippen LogP contribution in [-0.4, -0.2) is 33.5 Å². The topological polar surface area (TPSA) is 52.0 Å². The molecule has 1 aromatic heterocycles. The van der Waals surface area contributed by atoms with E-state index in [1.165, 1.54) is 6.33 Å². The van der Waals surface area contributed by atoms with Gasteiger partial charge in [-0.3, -0.25) is 4.68 Å². The van der Waals surface area contributed by atoms with Crippen molar-refractivity contribution >= 4 is 23.2 Å². The van der Waals surface area contributed by atoms with Gasteiger partial charge in [0, 0.05) is 18.2 Å². The lowest BCUT2D eigenvalue weighted by atomic mass is 10.2. The molecule has 1 aromatic carbocycles. The molecule has 0 aliphatic carbocycles. The minimum atomic E-state index is 0.193. The molecule has 2 atom stereocenters. The third kappa shape index (κ3) is 5.19. The van der Waals surface area contributed by atoms with E-state index < -0.39 is 0 Å². The SMILES string of the molecule is CC(COc1ccc(Cl)c(Cl)c1)NC(C)Cn1cncn1. The summed E-state index contributed by atoms with van der Waals surface area (Å²) < 4.78 is 7.50. The molecule has 0 amide bonds. The van der Waals surface area contributed by atoms with Gasteiger partial charge in [0.05, 0.1) is 16.6 Å². The molecule has 0 spiro atoms. The molecule has 0 aliphatic rings. The Labute approximate surface area is 134 Å². The van der Waals surface area contributed by atoms with Crippen molar-refractivity contribution in [2.45, 2.75) is 32.5 Å². The Morgan fingerprint density at radius 1 is 1.24 bits per heavy atom. The maximum atomic E-state index is 5.95. The van der Waals surface area contributed by atoms with E-state index in [0.717, 1.165) is 6.54 Å². The van der Waals surface area contributed by atoms with Gasteiger partial charge < -0.3 is 10.1 Å². The molecule has 5 nitrogen and oxygen atoms in total. The van der Waals surface area contributed by atoms with Crippen LogP contribution < -0.4 is 10.1 Å². The fourth-order valence-electron chi connectivity index (χ4n) is 1.98. The fraction of sp³-hybridized carbons (Fsp3) is 0.429. The van der Waals surface area contributed by atoms with E-state index >= 15 is 0 Å². The van der Waals surface area contributed by atoms with Crippen LogP contribution in [0.5, 0.6) is 5.75 Å². The van der Waals surface area contributed by atoms with Crippen LogP contribution in [0.25, 0.3) is 0 Å². The zero-order valence-electron chi connectivity index (χ0n) is 12.0. The smallest absolute Gasteiger partial charge is 0.137 e. The minimum Gasteiger partial charge on any atom is -0.492 e. The number of hydrogen-bond acceptors (Lipinski definition) is 4. The van der Waals surface area contributed by atoms with Crippen molar-refractivity contribution < 1.29 is 4.74 Å². The van der Waals surface area contributed by atoms with Crippen molar-refractivity contribution in [3.63, 3.8) is 0 Å². The van der Waals surface area contributed by atoms with Gasteiger partial charge >= 0.3 is 0 Å². The molecule has 2 rings (SSSR count). The van der Waals surface area contributed by atoms with Gasteiger partial charge in [-0.25, -0.2) is 4.98 Å². The number of ether oxygens (including phenoxy) is 1. The van der Waals surface area contributed by atoms with Crippen LogP contribution in [0.3, 0.4) is 0 Å². The van der Waals surface area contributed by atoms with Gasteiger partial charge in [-0.2, -0.15) is 5.10 Å². The van der Waals surface area contributed by atoms with E-state index in [4.69, 9.17) is 27.9 Å². The third-order valence-corrected chi connectivity index (χ3v) is 3.63. The van der Waals surface area contributed by atoms with Crippen LogP contribution >= 0.6 is 23.2 Å². The Balaban J connectivity index is 1.76. The lowest BCUT2D eigenvalue weighted by Gasteiger charge is -2.20. The summed E-state index contributed by atoms with van der Waals surface area (Å²) in [5, 5.41) is 8.54. The van der Waals surface area contributed by atoms with Crippen LogP contribution in [0.15, 0.2) is 30.9 Å². The second-order valence-corrected chi connectivity index (χ2v) is 5.79. The maximum absolute atomic E-state index is 5.95. The first kappa shape index (κ1) is 16.1. The summed E-state index contributed by atoms with van der Waals surface area (Å²) >= 11 is 11.8. The molecule has 0 saturated heterocycles. The molecule has 21 heavy (non-hydrogen) atoms. The van der Waals surface area contributed by atoms with Crippen molar-refractivity contribution in [3.8, 4) is 5.75 Å². The molecule has 0 aliphatic heterocycles. The van der Waals surface area contributed by atoms with E-state index in [9.17, 15) is 0 Å². The molecule has 114 valence electrons. The standard InChI is InChI=1S/C14H18Cl2N4O/c1-10(6-20-9-17-8-18-20)19-11(2)7-21-12-3-4-13(15)14(16)5-12/h3-5,8-11,19H,6-7H2,1-2H3. The first-order chi connectivity index (χ1) is 10.0. The minimum absolute atomic E-state index is 0.193. The molecule has 1 N–H and O–H groups in total. The summed E-state index contributed by atoms with van der Waals surface area (Å²) in [6.07, 6.45) is 3.23. The molecule has 2 unspecified atom stereocenters. The summed E-state index contributed by atoms with van der Waals surface area (Å²) in [4.78, 5) is 3.92. The highest BCUT2D eigenvalue weighted by molar-refractivity contribution is 6.42. The maximum Gasteiger partial charge on any atom is 0.137 e. The van der Waals surface area contributed by atoms with Crippen LogP contribution in [0, 0.1) is 0 Å². The summed E-state index contributed by atoms with van der Waals surface area (Å²) in [6, 6.07) is 5.71. The number of halogens is 2. The predicted octanol–water partition coefficient (Wildman–Crippen LogP) is 3.03. The molecular weight excluding hydrogens is 311 g/mol. The summed E-state index contributed by atoms with van der Waals surface area (Å²) in [7, 11) is 0. The zero-order chi connectivity index (χ0) is 15.2. The summed E-state index contributed by atoms with van der Waals surface area (Å²) in [5.74, 6) is 0.710. The van der Waals surface area contributed by atoms with Gasteiger partial charge in [-0.1, -0.05) is 23.2 Å². The number of aromatic nitrogens is 3. The van der Waals surface area contributed by atoms with Crippen LogP contribution in [0.1, 0.15) is 13.8 Å². The molecule has 0 fully saturated rings. The monoisotopic (exact) mass is 328 g/mol. The average molecular weight is 329 g/mol. The summed E-state index contributed by atoms with van der Waals surface area (Å²) in [5.41, 5.74) is 0. The number of nitrogens with one attached hydrogen (secondary N) is 1. The highest BCUT2D eigenvalue weighted by Crippen LogP contribution is 2.26. The van der Waals surface area contributed by atoms with Crippen molar-refractivity contribution in [1.29, 1.82) is 0 Å². The van der Waals surface area contributed by atoms with Gasteiger partial charge in [0.15, 0.2) is 0 Å². The van der Waals surface area contributed by atoms with Crippen LogP contribution in [-0.2, 0) is 6.54 Å². The Kier molecular flexibility index (Phi) is 5.85. The molecule has 1 heterocycles. The Morgan fingerprint density at radius 2 is 2.05 bits per heavy atom. The zero-order valence-corrected chi connectivity index (χ0v) is 13.5. The number of rotatable bonds is 7. The van der Waals surface area contributed by atoms with Gasteiger partial charge in [0.2, 0.25) is 0 Å². The average Bonchev–Trinajstić information content (AvgIpc) is 2.92. The highest BCUT2D eigenvalue weighted by atomic mass is 35.5. The van der Waals surface area contributed by atoms with E-state index in [1.807, 2.05) is 0 Å². The Morgan fingerprint density at radius 3 is 2.71 bits per heavy atom. The highest BCUT2D eigenvalue weighted by Gasteiger charge is 2.09. The molecule has 0 bridgehead atoms. The van der Waals surface area contributed by atoms with E-state index in [1.54, 1.807) is 29.2 Å². The molecule has 0 radical (unpaired) electrons. The van der Waals surface area contributed by atoms with E-state index in [-0.39, 0.29) is 12.1 Å².